The van der Waals surface area contributed by atoms with Gasteiger partial charge >= 0.3 is 17.8 Å². The highest BCUT2D eigenvalue weighted by Crippen LogP contribution is 2.45. The molecule has 0 unspecified atom stereocenters. The van der Waals surface area contributed by atoms with E-state index in [9.17, 15) is 35.9 Å². The van der Waals surface area contributed by atoms with Crippen molar-refractivity contribution in [2.75, 3.05) is 6.61 Å². The molecule has 0 fully saturated rings. The fraction of sp³-hybridized carbons (Fsp3) is 0.333. The number of benzene rings is 1. The average molecular weight is 451 g/mol. The summed E-state index contributed by atoms with van der Waals surface area (Å²) in [5.41, 5.74) is -6.31. The summed E-state index contributed by atoms with van der Waals surface area (Å²) in [5, 5.41) is -1.82. The molecule has 0 aliphatic carbocycles. The zero-order chi connectivity index (χ0) is 21.6. The molecule has 0 spiro atoms. The molecule has 0 atom stereocenters. The molecule has 0 N–H and O–H groups in total. The Morgan fingerprint density at radius 1 is 1.11 bits per heavy atom. The molecule has 28 heavy (non-hydrogen) atoms. The summed E-state index contributed by atoms with van der Waals surface area (Å²) in [4.78, 5) is 24.7. The lowest BCUT2D eigenvalue weighted by molar-refractivity contribution is -0.292. The molecule has 2 aromatic rings. The molecule has 0 aliphatic rings. The average Bonchev–Trinajstić information content (AvgIpc) is 2.56. The fourth-order valence-electron chi connectivity index (χ4n) is 2.33. The van der Waals surface area contributed by atoms with E-state index in [0.717, 1.165) is 6.07 Å². The lowest BCUT2D eigenvalue weighted by atomic mass is 10.2. The van der Waals surface area contributed by atoms with Gasteiger partial charge in [-0.15, -0.1) is 0 Å². The van der Waals surface area contributed by atoms with Crippen molar-refractivity contribution in [3.63, 3.8) is 0 Å². The smallest absolute Gasteiger partial charge is 0.459 e. The second kappa shape index (κ2) is 7.36. The summed E-state index contributed by atoms with van der Waals surface area (Å²) >= 11 is 11.2. The maximum atomic E-state index is 14.3. The number of nitrogens with zero attached hydrogens (tertiary/aromatic N) is 2. The van der Waals surface area contributed by atoms with Gasteiger partial charge in [0.1, 0.15) is 22.3 Å². The normalized spacial score (nSPS) is 12.4. The lowest BCUT2D eigenvalue weighted by Crippen LogP contribution is -2.46. The highest BCUT2D eigenvalue weighted by molar-refractivity contribution is 6.32. The van der Waals surface area contributed by atoms with Crippen LogP contribution < -0.4 is 16.0 Å². The van der Waals surface area contributed by atoms with Crippen LogP contribution in [0.2, 0.25) is 10.0 Å². The van der Waals surface area contributed by atoms with Crippen LogP contribution in [-0.2, 0) is 13.0 Å². The van der Waals surface area contributed by atoms with Crippen LogP contribution in [0.15, 0.2) is 21.7 Å². The van der Waals surface area contributed by atoms with Crippen LogP contribution >= 0.6 is 23.2 Å². The molecule has 0 aliphatic heterocycles. The number of hydrogen-bond donors (Lipinski definition) is 0. The number of alkyl halides is 5. The molecule has 1 aromatic carbocycles. The van der Waals surface area contributed by atoms with Gasteiger partial charge in [0, 0.05) is 13.1 Å². The van der Waals surface area contributed by atoms with Gasteiger partial charge in [-0.2, -0.15) is 22.0 Å². The van der Waals surface area contributed by atoms with E-state index in [-0.39, 0.29) is 26.5 Å². The van der Waals surface area contributed by atoms with Crippen LogP contribution in [0.25, 0.3) is 5.69 Å². The van der Waals surface area contributed by atoms with Crippen molar-refractivity contribution in [3.8, 4) is 11.4 Å². The van der Waals surface area contributed by atoms with Crippen LogP contribution in [0.5, 0.6) is 5.75 Å². The number of hydrogen-bond acceptors (Lipinski definition) is 3. The molecular weight excluding hydrogens is 441 g/mol. The monoisotopic (exact) mass is 450 g/mol. The Kier molecular flexibility index (Phi) is 5.82. The van der Waals surface area contributed by atoms with Gasteiger partial charge in [0.05, 0.1) is 17.3 Å². The van der Waals surface area contributed by atoms with Gasteiger partial charge in [-0.05, 0) is 13.0 Å². The largest absolute Gasteiger partial charge is 0.492 e. The van der Waals surface area contributed by atoms with Crippen molar-refractivity contribution in [2.24, 2.45) is 7.05 Å². The molecule has 0 radical (unpaired) electrons. The van der Waals surface area contributed by atoms with Crippen molar-refractivity contribution in [3.05, 3.63) is 54.5 Å². The van der Waals surface area contributed by atoms with E-state index in [4.69, 9.17) is 27.9 Å². The highest BCUT2D eigenvalue weighted by Gasteiger charge is 2.61. The molecule has 1 aromatic heterocycles. The molecule has 154 valence electrons. The van der Waals surface area contributed by atoms with E-state index in [1.54, 1.807) is 6.92 Å². The van der Waals surface area contributed by atoms with E-state index >= 15 is 0 Å². The Bertz CT molecular complexity index is 1010. The maximum absolute atomic E-state index is 14.3. The zero-order valence-corrected chi connectivity index (χ0v) is 15.5. The first-order valence-electron chi connectivity index (χ1n) is 7.34. The summed E-state index contributed by atoms with van der Waals surface area (Å²) < 4.78 is 84.8. The Balaban J connectivity index is 2.91. The van der Waals surface area contributed by atoms with Crippen molar-refractivity contribution in [1.82, 2.24) is 9.13 Å². The Morgan fingerprint density at radius 3 is 2.18 bits per heavy atom. The fourth-order valence-corrected chi connectivity index (χ4v) is 2.87. The van der Waals surface area contributed by atoms with Crippen molar-refractivity contribution >= 4 is 23.2 Å². The standard InChI is InChI=1S/C15H10Cl2F6N2O3/c1-3-28-9-5-8(7(18)4-6(9)16)25-12(26)10(17)11(24(2)13(25)27)14(19,20)15(21,22)23/h4-5H,3H2,1-2H3. The number of aromatic nitrogens is 2. The molecule has 13 heteroatoms. The third-order valence-electron chi connectivity index (χ3n) is 3.61. The molecule has 1 heterocycles. The first-order valence-corrected chi connectivity index (χ1v) is 8.10. The molecule has 0 amide bonds. The molecule has 2 rings (SSSR count). The predicted octanol–water partition coefficient (Wildman–Crippen LogP) is 4.03. The first kappa shape index (κ1) is 22.2. The summed E-state index contributed by atoms with van der Waals surface area (Å²) in [5.74, 6) is -7.00. The van der Waals surface area contributed by atoms with Crippen molar-refractivity contribution in [1.29, 1.82) is 0 Å². The Morgan fingerprint density at radius 2 is 1.68 bits per heavy atom. The number of halogens is 8. The summed E-state index contributed by atoms with van der Waals surface area (Å²) in [6, 6.07) is 1.50. The minimum absolute atomic E-state index is 0.00642. The number of rotatable bonds is 4. The second-order valence-electron chi connectivity index (χ2n) is 5.38. The first-order chi connectivity index (χ1) is 12.8. The molecule has 0 saturated heterocycles. The van der Waals surface area contributed by atoms with E-state index in [1.807, 2.05) is 0 Å². The van der Waals surface area contributed by atoms with Crippen LogP contribution in [0.4, 0.5) is 26.3 Å². The second-order valence-corrected chi connectivity index (χ2v) is 6.17. The quantitative estimate of drug-likeness (QED) is 0.660. The number of ether oxygens (including phenoxy) is 1. The lowest BCUT2D eigenvalue weighted by Gasteiger charge is -2.23. The van der Waals surface area contributed by atoms with Gasteiger partial charge in [0.15, 0.2) is 0 Å². The van der Waals surface area contributed by atoms with E-state index in [1.165, 1.54) is 0 Å². The van der Waals surface area contributed by atoms with Crippen LogP contribution in [-0.4, -0.2) is 21.9 Å². The van der Waals surface area contributed by atoms with Crippen LogP contribution in [0, 0.1) is 5.82 Å². The molecular formula is C15H10Cl2F6N2O3. The van der Waals surface area contributed by atoms with Gasteiger partial charge in [-0.25, -0.2) is 13.8 Å². The third-order valence-corrected chi connectivity index (χ3v) is 4.24. The van der Waals surface area contributed by atoms with E-state index in [0.29, 0.717) is 13.1 Å². The Hall–Kier alpha value is -2.14. The van der Waals surface area contributed by atoms with E-state index in [2.05, 4.69) is 0 Å². The van der Waals surface area contributed by atoms with Gasteiger partial charge in [-0.1, -0.05) is 23.2 Å². The third kappa shape index (κ3) is 3.48. The van der Waals surface area contributed by atoms with Gasteiger partial charge in [-0.3, -0.25) is 9.36 Å². The highest BCUT2D eigenvalue weighted by atomic mass is 35.5. The van der Waals surface area contributed by atoms with Gasteiger partial charge in [0.25, 0.3) is 5.56 Å². The molecule has 0 saturated carbocycles. The van der Waals surface area contributed by atoms with E-state index < -0.39 is 45.6 Å². The van der Waals surface area contributed by atoms with Gasteiger partial charge in [0.2, 0.25) is 0 Å². The maximum Gasteiger partial charge on any atom is 0.459 e. The van der Waals surface area contributed by atoms with Gasteiger partial charge < -0.3 is 4.74 Å². The topological polar surface area (TPSA) is 53.2 Å². The zero-order valence-electron chi connectivity index (χ0n) is 14.0. The Labute approximate surface area is 162 Å². The molecule has 0 bridgehead atoms. The summed E-state index contributed by atoms with van der Waals surface area (Å²) in [6.45, 7) is 1.62. The molecule has 5 nitrogen and oxygen atoms in total. The summed E-state index contributed by atoms with van der Waals surface area (Å²) in [7, 11) is 0.538. The minimum atomic E-state index is -6.13. The predicted molar refractivity (Wildman–Crippen MR) is 88.4 cm³/mol. The van der Waals surface area contributed by atoms with Crippen molar-refractivity contribution < 1.29 is 31.1 Å². The SMILES string of the molecule is CCOc1cc(-n2c(=O)c(Cl)c(C(F)(F)C(F)(F)F)n(C)c2=O)c(F)cc1Cl. The van der Waals surface area contributed by atoms with Crippen LogP contribution in [0.3, 0.4) is 0 Å². The minimum Gasteiger partial charge on any atom is -0.492 e. The van der Waals surface area contributed by atoms with Crippen LogP contribution in [0.1, 0.15) is 12.6 Å². The summed E-state index contributed by atoms with van der Waals surface area (Å²) in [6.07, 6.45) is -6.13. The van der Waals surface area contributed by atoms with Crippen molar-refractivity contribution in [2.45, 2.75) is 19.0 Å².